The predicted octanol–water partition coefficient (Wildman–Crippen LogP) is 2.64. The van der Waals surface area contributed by atoms with Crippen molar-refractivity contribution in [2.24, 2.45) is 0 Å². The molecule has 30 heavy (non-hydrogen) atoms. The average Bonchev–Trinajstić information content (AvgIpc) is 3.07. The van der Waals surface area contributed by atoms with Crippen molar-refractivity contribution < 1.29 is 19.6 Å². The number of hydrogen-bond donors (Lipinski definition) is 1. The van der Waals surface area contributed by atoms with Gasteiger partial charge in [0.1, 0.15) is 6.61 Å². The minimum absolute atomic E-state index is 0.0508. The van der Waals surface area contributed by atoms with E-state index in [-0.39, 0.29) is 47.0 Å². The van der Waals surface area contributed by atoms with Gasteiger partial charge in [0.05, 0.1) is 39.0 Å². The van der Waals surface area contributed by atoms with Crippen molar-refractivity contribution in [3.8, 4) is 11.4 Å². The van der Waals surface area contributed by atoms with E-state index in [1.807, 2.05) is 0 Å². The van der Waals surface area contributed by atoms with E-state index in [0.29, 0.717) is 27.9 Å². The molecule has 2 aromatic heterocycles. The molecule has 10 heteroatoms. The largest absolute Gasteiger partial charge is 0.458 e. The molecule has 0 aliphatic carbocycles. The van der Waals surface area contributed by atoms with E-state index in [1.165, 1.54) is 16.7 Å². The smallest absolute Gasteiger partial charge is 0.343 e. The van der Waals surface area contributed by atoms with Crippen LogP contribution in [0.25, 0.3) is 22.3 Å². The number of fused-ring (bicyclic) bond motifs is 5. The topological polar surface area (TPSA) is 125 Å². The van der Waals surface area contributed by atoms with Crippen LogP contribution in [0.1, 0.15) is 30.0 Å². The van der Waals surface area contributed by atoms with Gasteiger partial charge in [0.2, 0.25) is 0 Å². The Morgan fingerprint density at radius 3 is 2.80 bits per heavy atom. The maximum atomic E-state index is 13.1. The summed E-state index contributed by atoms with van der Waals surface area (Å²) in [5, 5.41) is 22.6. The average molecular weight is 428 g/mol. The lowest BCUT2D eigenvalue weighted by Gasteiger charge is -2.31. The second-order valence-corrected chi connectivity index (χ2v) is 7.76. The van der Waals surface area contributed by atoms with E-state index >= 15 is 0 Å². The number of aliphatic hydroxyl groups is 1. The normalized spacial score (nSPS) is 19.2. The fourth-order valence-corrected chi connectivity index (χ4v) is 4.41. The van der Waals surface area contributed by atoms with Gasteiger partial charge in [-0.2, -0.15) is 0 Å². The van der Waals surface area contributed by atoms with Gasteiger partial charge in [-0.15, -0.1) is 0 Å². The molecule has 1 aromatic carbocycles. The van der Waals surface area contributed by atoms with Gasteiger partial charge in [0, 0.05) is 28.6 Å². The van der Waals surface area contributed by atoms with Gasteiger partial charge in [-0.05, 0) is 18.6 Å². The fourth-order valence-electron chi connectivity index (χ4n) is 4.14. The van der Waals surface area contributed by atoms with Crippen molar-refractivity contribution in [2.45, 2.75) is 32.1 Å². The van der Waals surface area contributed by atoms with E-state index in [1.54, 1.807) is 19.1 Å². The van der Waals surface area contributed by atoms with Gasteiger partial charge >= 0.3 is 5.97 Å². The maximum absolute atomic E-state index is 13.1. The van der Waals surface area contributed by atoms with Crippen LogP contribution in [0.4, 0.5) is 5.69 Å². The van der Waals surface area contributed by atoms with E-state index in [4.69, 9.17) is 16.3 Å². The summed E-state index contributed by atoms with van der Waals surface area (Å²) in [4.78, 5) is 40.5. The molecule has 0 bridgehead atoms. The van der Waals surface area contributed by atoms with Crippen LogP contribution < -0.4 is 5.56 Å². The highest BCUT2D eigenvalue weighted by Gasteiger charge is 2.45. The molecule has 4 heterocycles. The molecule has 152 valence electrons. The summed E-state index contributed by atoms with van der Waals surface area (Å²) in [6.07, 6.45) is 0.0508. The number of halogens is 1. The second kappa shape index (κ2) is 6.10. The number of ether oxygens (including phenoxy) is 1. The zero-order chi connectivity index (χ0) is 21.4. The Bertz CT molecular complexity index is 1370. The lowest BCUT2D eigenvalue weighted by atomic mass is 9.86. The molecule has 0 fully saturated rings. The first-order valence-corrected chi connectivity index (χ1v) is 9.57. The number of nitro benzene ring substituents is 1. The highest BCUT2D eigenvalue weighted by molar-refractivity contribution is 6.35. The van der Waals surface area contributed by atoms with Gasteiger partial charge in [-0.1, -0.05) is 18.5 Å². The Labute approximate surface area is 173 Å². The number of hydrogen-bond acceptors (Lipinski definition) is 7. The number of cyclic esters (lactones) is 1. The first-order chi connectivity index (χ1) is 14.2. The van der Waals surface area contributed by atoms with E-state index in [9.17, 15) is 24.8 Å². The van der Waals surface area contributed by atoms with Crippen LogP contribution in [0.3, 0.4) is 0 Å². The number of carbonyl (C=O) groups is 1. The summed E-state index contributed by atoms with van der Waals surface area (Å²) >= 11 is 6.23. The number of pyridine rings is 2. The summed E-state index contributed by atoms with van der Waals surface area (Å²) in [7, 11) is 0. The number of rotatable bonds is 2. The van der Waals surface area contributed by atoms with Crippen molar-refractivity contribution in [3.05, 3.63) is 66.4 Å². The lowest BCUT2D eigenvalue weighted by molar-refractivity contribution is -0.384. The van der Waals surface area contributed by atoms with Crippen LogP contribution in [-0.4, -0.2) is 25.6 Å². The van der Waals surface area contributed by atoms with Crippen LogP contribution in [0, 0.1) is 10.1 Å². The number of nitrogens with zero attached hydrogens (tertiary/aromatic N) is 3. The molecule has 9 nitrogen and oxygen atoms in total. The van der Waals surface area contributed by atoms with E-state index in [2.05, 4.69) is 4.98 Å². The Morgan fingerprint density at radius 1 is 1.33 bits per heavy atom. The van der Waals surface area contributed by atoms with Crippen LogP contribution >= 0.6 is 11.6 Å². The van der Waals surface area contributed by atoms with Crippen LogP contribution in [-0.2, 0) is 28.3 Å². The number of non-ortho nitro benzene ring substituents is 1. The Morgan fingerprint density at radius 2 is 2.10 bits per heavy atom. The summed E-state index contributed by atoms with van der Waals surface area (Å²) in [5.74, 6) is -0.790. The third-order valence-corrected chi connectivity index (χ3v) is 6.05. The van der Waals surface area contributed by atoms with Crippen molar-refractivity contribution in [1.82, 2.24) is 9.55 Å². The number of esters is 1. The molecule has 5 rings (SSSR count). The Balaban J connectivity index is 1.78. The van der Waals surface area contributed by atoms with Gasteiger partial charge in [-0.25, -0.2) is 9.78 Å². The quantitative estimate of drug-likeness (QED) is 0.296. The van der Waals surface area contributed by atoms with Gasteiger partial charge in [-0.3, -0.25) is 14.9 Å². The van der Waals surface area contributed by atoms with Gasteiger partial charge < -0.3 is 14.4 Å². The molecule has 0 saturated carbocycles. The maximum Gasteiger partial charge on any atom is 0.343 e. The standard InChI is InChI=1S/C20H14ClN3O6/c1-2-20(27)13-6-15-17-10(7-23(15)18(25)12(13)8-30-19(20)26)3-9-4-11(24(28)29)5-14(21)16(9)22-17/h3-6,27H,2,7-8H2,1H3/t20-/m0/s1. The minimum atomic E-state index is -1.90. The summed E-state index contributed by atoms with van der Waals surface area (Å²) < 4.78 is 6.54. The minimum Gasteiger partial charge on any atom is -0.458 e. The number of nitro groups is 1. The molecule has 1 N–H and O–H groups in total. The number of aromatic nitrogens is 2. The predicted molar refractivity (Wildman–Crippen MR) is 106 cm³/mol. The van der Waals surface area contributed by atoms with Crippen molar-refractivity contribution in [3.63, 3.8) is 0 Å². The first-order valence-electron chi connectivity index (χ1n) is 9.19. The molecule has 3 aromatic rings. The molecule has 1 atom stereocenters. The Kier molecular flexibility index (Phi) is 3.80. The molecule has 0 saturated heterocycles. The SMILES string of the molecule is CC[C@@]1(O)C(=O)OCc2c1cc1n(c2=O)Cc2cc3cc([N+](=O)[O-])cc(Cl)c3nc2-1. The Hall–Kier alpha value is -3.30. The summed E-state index contributed by atoms with van der Waals surface area (Å²) in [6.45, 7) is 1.63. The number of carbonyl (C=O) groups excluding carboxylic acids is 1. The third-order valence-electron chi connectivity index (χ3n) is 5.76. The van der Waals surface area contributed by atoms with E-state index < -0.39 is 16.5 Å². The molecule has 0 amide bonds. The molecular weight excluding hydrogens is 414 g/mol. The molecule has 0 unspecified atom stereocenters. The van der Waals surface area contributed by atoms with Crippen molar-refractivity contribution in [1.29, 1.82) is 0 Å². The highest BCUT2D eigenvalue weighted by Crippen LogP contribution is 2.39. The molecular formula is C20H14ClN3O6. The van der Waals surface area contributed by atoms with E-state index in [0.717, 1.165) is 0 Å². The van der Waals surface area contributed by atoms with Crippen LogP contribution in [0.15, 0.2) is 29.1 Å². The van der Waals surface area contributed by atoms with Gasteiger partial charge in [0.25, 0.3) is 11.2 Å². The summed E-state index contributed by atoms with van der Waals surface area (Å²) in [6, 6.07) is 5.93. The summed E-state index contributed by atoms with van der Waals surface area (Å²) in [5.41, 5.74) is 0.0100. The monoisotopic (exact) mass is 427 g/mol. The van der Waals surface area contributed by atoms with Crippen molar-refractivity contribution in [2.75, 3.05) is 0 Å². The molecule has 2 aliphatic heterocycles. The molecule has 0 spiro atoms. The highest BCUT2D eigenvalue weighted by atomic mass is 35.5. The van der Waals surface area contributed by atoms with Crippen LogP contribution in [0.5, 0.6) is 0 Å². The van der Waals surface area contributed by atoms with Crippen molar-refractivity contribution >= 4 is 34.2 Å². The third kappa shape index (κ3) is 2.36. The van der Waals surface area contributed by atoms with Crippen LogP contribution in [0.2, 0.25) is 5.02 Å². The zero-order valence-electron chi connectivity index (χ0n) is 15.6. The number of benzene rings is 1. The molecule has 0 radical (unpaired) electrons. The first kappa shape index (κ1) is 18.7. The van der Waals surface area contributed by atoms with Gasteiger partial charge in [0.15, 0.2) is 5.60 Å². The zero-order valence-corrected chi connectivity index (χ0v) is 16.4. The molecule has 2 aliphatic rings. The second-order valence-electron chi connectivity index (χ2n) is 7.36. The lowest BCUT2D eigenvalue weighted by Crippen LogP contribution is -2.44. The fraction of sp³-hybridized carbons (Fsp3) is 0.250.